The molecule has 1 heterocycles. The molecule has 0 saturated carbocycles. The number of hydrogen-bond donors (Lipinski definition) is 0. The summed E-state index contributed by atoms with van der Waals surface area (Å²) >= 11 is 0. The van der Waals surface area contributed by atoms with E-state index in [-0.39, 0.29) is 23.8 Å². The maximum Gasteiger partial charge on any atom is 0.269 e. The summed E-state index contributed by atoms with van der Waals surface area (Å²) in [7, 11) is 1.55. The number of benzene rings is 2. The van der Waals surface area contributed by atoms with Crippen molar-refractivity contribution in [2.75, 3.05) is 7.11 Å². The fraction of sp³-hybridized carbons (Fsp3) is 0.125. The first kappa shape index (κ1) is 16.2. The van der Waals surface area contributed by atoms with E-state index in [9.17, 15) is 14.9 Å². The first-order valence-electron chi connectivity index (χ1n) is 7.26. The smallest absolute Gasteiger partial charge is 0.269 e. The van der Waals surface area contributed by atoms with E-state index in [0.717, 1.165) is 0 Å². The quantitative estimate of drug-likeness (QED) is 0.384. The van der Waals surface area contributed by atoms with Crippen LogP contribution in [0.15, 0.2) is 48.5 Å². The number of rotatable bonds is 6. The molecule has 1 aromatic heterocycles. The van der Waals surface area contributed by atoms with E-state index in [2.05, 4.69) is 15.4 Å². The molecule has 0 N–H and O–H groups in total. The van der Waals surface area contributed by atoms with Crippen LogP contribution in [-0.4, -0.2) is 38.0 Å². The molecule has 0 aliphatic carbocycles. The molecule has 0 spiro atoms. The van der Waals surface area contributed by atoms with Crippen molar-refractivity contribution in [3.63, 3.8) is 0 Å². The first-order valence-corrected chi connectivity index (χ1v) is 7.26. The average Bonchev–Trinajstić information content (AvgIpc) is 3.10. The molecular formula is C16H13N5O4. The van der Waals surface area contributed by atoms with Crippen LogP contribution in [-0.2, 0) is 6.54 Å². The van der Waals surface area contributed by atoms with E-state index >= 15 is 0 Å². The van der Waals surface area contributed by atoms with Gasteiger partial charge in [0.05, 0.1) is 12.0 Å². The van der Waals surface area contributed by atoms with Gasteiger partial charge in [0.1, 0.15) is 12.3 Å². The Balaban J connectivity index is 1.72. The topological polar surface area (TPSA) is 113 Å². The molecule has 3 aromatic rings. The molecule has 0 aliphatic rings. The predicted octanol–water partition coefficient (Wildman–Crippen LogP) is 2.14. The lowest BCUT2D eigenvalue weighted by Crippen LogP contribution is -2.13. The number of Topliss-reactive ketones (excluding diaryl/α,β-unsaturated/α-hetero) is 1. The molecule has 0 unspecified atom stereocenters. The summed E-state index contributed by atoms with van der Waals surface area (Å²) in [4.78, 5) is 23.6. The number of carbonyl (C=O) groups is 1. The minimum atomic E-state index is -0.485. The lowest BCUT2D eigenvalue weighted by Gasteiger charge is -2.02. The van der Waals surface area contributed by atoms with Gasteiger partial charge in [0.2, 0.25) is 5.82 Å². The van der Waals surface area contributed by atoms with Crippen molar-refractivity contribution in [1.29, 1.82) is 0 Å². The summed E-state index contributed by atoms with van der Waals surface area (Å²) < 4.78 is 5.05. The lowest BCUT2D eigenvalue weighted by molar-refractivity contribution is -0.384. The number of nitrogens with zero attached hydrogens (tertiary/aromatic N) is 5. The van der Waals surface area contributed by atoms with E-state index in [0.29, 0.717) is 16.9 Å². The molecule has 0 radical (unpaired) electrons. The van der Waals surface area contributed by atoms with Crippen LogP contribution in [0.1, 0.15) is 10.4 Å². The minimum Gasteiger partial charge on any atom is -0.497 e. The van der Waals surface area contributed by atoms with Crippen LogP contribution >= 0.6 is 0 Å². The van der Waals surface area contributed by atoms with Crippen LogP contribution < -0.4 is 4.74 Å². The van der Waals surface area contributed by atoms with Crippen molar-refractivity contribution < 1.29 is 14.5 Å². The molecule has 3 rings (SSSR count). The minimum absolute atomic E-state index is 0.0224. The molecule has 0 amide bonds. The van der Waals surface area contributed by atoms with Gasteiger partial charge in [0.25, 0.3) is 5.69 Å². The summed E-state index contributed by atoms with van der Waals surface area (Å²) in [6.07, 6.45) is 0. The zero-order chi connectivity index (χ0) is 17.8. The largest absolute Gasteiger partial charge is 0.497 e. The standard InChI is InChI=1S/C16H13N5O4/c1-25-14-8-4-11(5-9-14)15(22)10-20-18-16(17-19-20)12-2-6-13(7-3-12)21(23)24/h2-9H,10H2,1H3. The number of carbonyl (C=O) groups excluding carboxylic acids is 1. The molecule has 0 saturated heterocycles. The SMILES string of the molecule is COc1ccc(C(=O)Cn2nnc(-c3ccc([N+](=O)[O-])cc3)n2)cc1. The highest BCUT2D eigenvalue weighted by atomic mass is 16.6. The third kappa shape index (κ3) is 3.66. The molecule has 0 aliphatic heterocycles. The molecule has 0 fully saturated rings. The maximum absolute atomic E-state index is 12.2. The van der Waals surface area contributed by atoms with Crippen LogP contribution in [0.4, 0.5) is 5.69 Å². The van der Waals surface area contributed by atoms with Crippen LogP contribution in [0, 0.1) is 10.1 Å². The normalized spacial score (nSPS) is 10.4. The van der Waals surface area contributed by atoms with E-state index in [4.69, 9.17) is 4.74 Å². The Morgan fingerprint density at radius 2 is 1.84 bits per heavy atom. The Morgan fingerprint density at radius 3 is 2.44 bits per heavy atom. The summed E-state index contributed by atoms with van der Waals surface area (Å²) in [6, 6.07) is 12.5. The molecule has 2 aromatic carbocycles. The number of ether oxygens (including phenoxy) is 1. The van der Waals surface area contributed by atoms with Gasteiger partial charge in [-0.25, -0.2) is 0 Å². The average molecular weight is 339 g/mol. The highest BCUT2D eigenvalue weighted by Gasteiger charge is 2.12. The second-order valence-electron chi connectivity index (χ2n) is 5.10. The third-order valence-electron chi connectivity index (χ3n) is 3.49. The second kappa shape index (κ2) is 6.87. The fourth-order valence-electron chi connectivity index (χ4n) is 2.15. The van der Waals surface area contributed by atoms with E-state index in [1.165, 1.54) is 29.1 Å². The van der Waals surface area contributed by atoms with E-state index < -0.39 is 4.92 Å². The van der Waals surface area contributed by atoms with Crippen molar-refractivity contribution in [2.24, 2.45) is 0 Å². The van der Waals surface area contributed by atoms with Crippen LogP contribution in [0.25, 0.3) is 11.4 Å². The highest BCUT2D eigenvalue weighted by molar-refractivity contribution is 5.95. The van der Waals surface area contributed by atoms with E-state index in [1.807, 2.05) is 0 Å². The molecule has 25 heavy (non-hydrogen) atoms. The van der Waals surface area contributed by atoms with Gasteiger partial charge in [-0.05, 0) is 41.6 Å². The number of non-ortho nitro benzene ring substituents is 1. The van der Waals surface area contributed by atoms with Crippen LogP contribution in [0.5, 0.6) is 5.75 Å². The van der Waals surface area contributed by atoms with Crippen LogP contribution in [0.2, 0.25) is 0 Å². The van der Waals surface area contributed by atoms with Gasteiger partial charge in [-0.2, -0.15) is 4.80 Å². The molecule has 126 valence electrons. The Morgan fingerprint density at radius 1 is 1.16 bits per heavy atom. The summed E-state index contributed by atoms with van der Waals surface area (Å²) in [5.74, 6) is 0.781. The fourth-order valence-corrected chi connectivity index (χ4v) is 2.15. The number of nitro groups is 1. The summed E-state index contributed by atoms with van der Waals surface area (Å²) in [5, 5.41) is 22.5. The van der Waals surface area contributed by atoms with Crippen molar-refractivity contribution >= 4 is 11.5 Å². The second-order valence-corrected chi connectivity index (χ2v) is 5.10. The zero-order valence-corrected chi connectivity index (χ0v) is 13.2. The van der Waals surface area contributed by atoms with Crippen molar-refractivity contribution in [2.45, 2.75) is 6.54 Å². The Bertz CT molecular complexity index is 903. The Hall–Kier alpha value is -3.62. The number of aromatic nitrogens is 4. The van der Waals surface area contributed by atoms with Gasteiger partial charge in [-0.1, -0.05) is 0 Å². The van der Waals surface area contributed by atoms with Crippen molar-refractivity contribution in [3.8, 4) is 17.1 Å². The van der Waals surface area contributed by atoms with Gasteiger partial charge in [0.15, 0.2) is 5.78 Å². The summed E-state index contributed by atoms with van der Waals surface area (Å²) in [5.41, 5.74) is 1.06. The Kier molecular flexibility index (Phi) is 4.46. The maximum atomic E-state index is 12.2. The molecule has 9 nitrogen and oxygen atoms in total. The third-order valence-corrected chi connectivity index (χ3v) is 3.49. The highest BCUT2D eigenvalue weighted by Crippen LogP contribution is 2.18. The number of methoxy groups -OCH3 is 1. The number of ketones is 1. The predicted molar refractivity (Wildman–Crippen MR) is 87.2 cm³/mol. The van der Waals surface area contributed by atoms with Gasteiger partial charge in [-0.3, -0.25) is 14.9 Å². The van der Waals surface area contributed by atoms with Gasteiger partial charge in [0, 0.05) is 23.3 Å². The van der Waals surface area contributed by atoms with Gasteiger partial charge in [-0.15, -0.1) is 10.2 Å². The molecular weight excluding hydrogens is 326 g/mol. The van der Waals surface area contributed by atoms with Crippen LogP contribution in [0.3, 0.4) is 0 Å². The number of hydrogen-bond acceptors (Lipinski definition) is 7. The Labute approximate surface area is 142 Å². The number of nitro benzene ring substituents is 1. The number of tetrazole rings is 1. The van der Waals surface area contributed by atoms with Crippen molar-refractivity contribution in [1.82, 2.24) is 20.2 Å². The van der Waals surface area contributed by atoms with E-state index in [1.54, 1.807) is 31.4 Å². The summed E-state index contributed by atoms with van der Waals surface area (Å²) in [6.45, 7) is -0.0632. The van der Waals surface area contributed by atoms with Gasteiger partial charge < -0.3 is 4.74 Å². The molecule has 0 bridgehead atoms. The molecule has 9 heteroatoms. The first-order chi connectivity index (χ1) is 12.1. The lowest BCUT2D eigenvalue weighted by atomic mass is 10.1. The van der Waals surface area contributed by atoms with Crippen molar-refractivity contribution in [3.05, 3.63) is 64.2 Å². The van der Waals surface area contributed by atoms with Gasteiger partial charge >= 0.3 is 0 Å². The molecule has 0 atom stereocenters. The zero-order valence-electron chi connectivity index (χ0n) is 13.2. The monoisotopic (exact) mass is 339 g/mol.